The number of unbranched alkanes of at least 4 members (excludes halogenated alkanes) is 5. The standard InChI is InChI=1S/C28H39NO3/c1-2-3-4-5-6-7-17-25(30)18-10-8-15-24-16-9-11-19-26(24)27(31)20-14-21-28(32)29-22-12-13-23-29/h8-13,15-16,18-19,22-23,25,27,30-31H,2-7,14,17,20-21H2,1H3/b15-8+,18-10+. The average molecular weight is 438 g/mol. The van der Waals surface area contributed by atoms with Crippen LogP contribution in [0.1, 0.15) is 93.2 Å². The second-order valence-corrected chi connectivity index (χ2v) is 8.39. The Morgan fingerprint density at radius 1 is 0.906 bits per heavy atom. The predicted molar refractivity (Wildman–Crippen MR) is 132 cm³/mol. The van der Waals surface area contributed by atoms with Gasteiger partial charge in [-0.25, -0.2) is 0 Å². The lowest BCUT2D eigenvalue weighted by Crippen LogP contribution is -2.08. The second kappa shape index (κ2) is 15.4. The number of hydrogen-bond donors (Lipinski definition) is 2. The van der Waals surface area contributed by atoms with Crippen LogP contribution in [-0.2, 0) is 0 Å². The number of carbonyl (C=O) groups is 1. The van der Waals surface area contributed by atoms with Crippen molar-refractivity contribution in [2.45, 2.75) is 83.3 Å². The van der Waals surface area contributed by atoms with Gasteiger partial charge in [0.15, 0.2) is 0 Å². The van der Waals surface area contributed by atoms with Crippen LogP contribution >= 0.6 is 0 Å². The monoisotopic (exact) mass is 437 g/mol. The van der Waals surface area contributed by atoms with Gasteiger partial charge in [-0.3, -0.25) is 9.36 Å². The van der Waals surface area contributed by atoms with Crippen molar-refractivity contribution in [3.05, 3.63) is 78.1 Å². The van der Waals surface area contributed by atoms with E-state index in [1.165, 1.54) is 32.1 Å². The molecule has 2 unspecified atom stereocenters. The molecule has 0 aliphatic rings. The van der Waals surface area contributed by atoms with Crippen LogP contribution in [0, 0.1) is 0 Å². The van der Waals surface area contributed by atoms with Gasteiger partial charge in [0.1, 0.15) is 0 Å². The molecular weight excluding hydrogens is 398 g/mol. The van der Waals surface area contributed by atoms with Gasteiger partial charge >= 0.3 is 0 Å². The van der Waals surface area contributed by atoms with Crippen molar-refractivity contribution in [1.82, 2.24) is 4.57 Å². The van der Waals surface area contributed by atoms with Crippen molar-refractivity contribution in [3.8, 4) is 0 Å². The number of nitrogens with zero attached hydrogens (tertiary/aromatic N) is 1. The average Bonchev–Trinajstić information content (AvgIpc) is 3.34. The molecule has 0 aliphatic carbocycles. The summed E-state index contributed by atoms with van der Waals surface area (Å²) >= 11 is 0. The van der Waals surface area contributed by atoms with Gasteiger partial charge in [-0.05, 0) is 42.5 Å². The molecule has 4 heteroatoms. The third-order valence-electron chi connectivity index (χ3n) is 5.69. The zero-order valence-electron chi connectivity index (χ0n) is 19.4. The zero-order chi connectivity index (χ0) is 23.0. The molecule has 0 fully saturated rings. The first kappa shape index (κ1) is 25.8. The van der Waals surface area contributed by atoms with E-state index in [0.717, 1.165) is 24.0 Å². The van der Waals surface area contributed by atoms with Crippen LogP contribution in [-0.4, -0.2) is 26.8 Å². The summed E-state index contributed by atoms with van der Waals surface area (Å²) in [5, 5.41) is 20.8. The summed E-state index contributed by atoms with van der Waals surface area (Å²) in [6.45, 7) is 2.22. The lowest BCUT2D eigenvalue weighted by molar-refractivity contribution is 0.0889. The van der Waals surface area contributed by atoms with Crippen molar-refractivity contribution in [2.24, 2.45) is 0 Å². The summed E-state index contributed by atoms with van der Waals surface area (Å²) < 4.78 is 1.58. The van der Waals surface area contributed by atoms with Crippen LogP contribution in [0.3, 0.4) is 0 Å². The Hall–Kier alpha value is -2.43. The van der Waals surface area contributed by atoms with Crippen LogP contribution in [0.25, 0.3) is 6.08 Å². The third kappa shape index (κ3) is 9.80. The van der Waals surface area contributed by atoms with Gasteiger partial charge in [-0.2, -0.15) is 0 Å². The molecule has 4 nitrogen and oxygen atoms in total. The van der Waals surface area contributed by atoms with Gasteiger partial charge in [0.2, 0.25) is 5.91 Å². The molecule has 1 aromatic heterocycles. The van der Waals surface area contributed by atoms with Gasteiger partial charge in [-0.15, -0.1) is 0 Å². The number of aliphatic hydroxyl groups is 2. The topological polar surface area (TPSA) is 62.5 Å². The minimum Gasteiger partial charge on any atom is -0.389 e. The van der Waals surface area contributed by atoms with Crippen LogP contribution in [0.4, 0.5) is 0 Å². The van der Waals surface area contributed by atoms with E-state index in [1.807, 2.05) is 60.7 Å². The van der Waals surface area contributed by atoms with Crippen LogP contribution in [0.2, 0.25) is 0 Å². The minimum absolute atomic E-state index is 0.0417. The van der Waals surface area contributed by atoms with Crippen molar-refractivity contribution in [2.75, 3.05) is 0 Å². The Morgan fingerprint density at radius 3 is 2.41 bits per heavy atom. The Kier molecular flexibility index (Phi) is 12.4. The van der Waals surface area contributed by atoms with Crippen molar-refractivity contribution >= 4 is 12.0 Å². The van der Waals surface area contributed by atoms with Crippen LogP contribution in [0.5, 0.6) is 0 Å². The molecule has 2 atom stereocenters. The fourth-order valence-corrected chi connectivity index (χ4v) is 3.78. The summed E-state index contributed by atoms with van der Waals surface area (Å²) in [6, 6.07) is 11.4. The first-order valence-corrected chi connectivity index (χ1v) is 12.1. The molecule has 0 aliphatic heterocycles. The van der Waals surface area contributed by atoms with Crippen LogP contribution in [0.15, 0.2) is 67.0 Å². The molecule has 2 rings (SSSR count). The highest BCUT2D eigenvalue weighted by Crippen LogP contribution is 2.24. The third-order valence-corrected chi connectivity index (χ3v) is 5.69. The number of benzene rings is 1. The molecule has 2 N–H and O–H groups in total. The molecule has 32 heavy (non-hydrogen) atoms. The maximum Gasteiger partial charge on any atom is 0.230 e. The van der Waals surface area contributed by atoms with Gasteiger partial charge in [0.05, 0.1) is 12.2 Å². The second-order valence-electron chi connectivity index (χ2n) is 8.39. The SMILES string of the molecule is CCCCCCCCC(O)/C=C/C=C/c1ccccc1C(O)CCCC(=O)n1cccc1. The van der Waals surface area contributed by atoms with E-state index in [2.05, 4.69) is 6.92 Å². The van der Waals surface area contributed by atoms with E-state index >= 15 is 0 Å². The first-order chi connectivity index (χ1) is 15.6. The summed E-state index contributed by atoms with van der Waals surface area (Å²) in [5.74, 6) is 0.0417. The molecule has 0 radical (unpaired) electrons. The van der Waals surface area contributed by atoms with Crippen LogP contribution < -0.4 is 0 Å². The summed E-state index contributed by atoms with van der Waals surface area (Å²) in [7, 11) is 0. The highest BCUT2D eigenvalue weighted by atomic mass is 16.3. The van der Waals surface area contributed by atoms with Gasteiger partial charge in [0.25, 0.3) is 0 Å². The highest BCUT2D eigenvalue weighted by Gasteiger charge is 2.12. The quantitative estimate of drug-likeness (QED) is 0.240. The first-order valence-electron chi connectivity index (χ1n) is 12.1. The summed E-state index contributed by atoms with van der Waals surface area (Å²) in [5.41, 5.74) is 1.81. The Balaban J connectivity index is 1.77. The van der Waals surface area contributed by atoms with Gasteiger partial charge in [0, 0.05) is 18.8 Å². The number of hydrogen-bond acceptors (Lipinski definition) is 3. The number of rotatable bonds is 15. The van der Waals surface area contributed by atoms with Gasteiger partial charge in [-0.1, -0.05) is 94.0 Å². The number of aromatic nitrogens is 1. The Morgan fingerprint density at radius 2 is 1.62 bits per heavy atom. The van der Waals surface area contributed by atoms with E-state index in [1.54, 1.807) is 17.0 Å². The van der Waals surface area contributed by atoms with Gasteiger partial charge < -0.3 is 10.2 Å². The Labute approximate surface area is 193 Å². The van der Waals surface area contributed by atoms with E-state index < -0.39 is 12.2 Å². The lowest BCUT2D eigenvalue weighted by atomic mass is 9.98. The van der Waals surface area contributed by atoms with Crippen molar-refractivity contribution in [3.63, 3.8) is 0 Å². The maximum absolute atomic E-state index is 12.1. The van der Waals surface area contributed by atoms with Crippen molar-refractivity contribution in [1.29, 1.82) is 0 Å². The molecule has 1 heterocycles. The molecule has 1 aromatic carbocycles. The number of allylic oxidation sites excluding steroid dienone is 2. The van der Waals surface area contributed by atoms with E-state index in [9.17, 15) is 15.0 Å². The molecule has 0 saturated carbocycles. The summed E-state index contributed by atoms with van der Waals surface area (Å²) in [6.07, 6.45) is 19.7. The molecular formula is C28H39NO3. The lowest BCUT2D eigenvalue weighted by Gasteiger charge is -2.13. The van der Waals surface area contributed by atoms with E-state index in [0.29, 0.717) is 19.3 Å². The normalized spacial score (nSPS) is 13.7. The molecule has 2 aromatic rings. The fourth-order valence-electron chi connectivity index (χ4n) is 3.78. The molecule has 174 valence electrons. The number of carbonyl (C=O) groups excluding carboxylic acids is 1. The number of aliphatic hydroxyl groups excluding tert-OH is 2. The maximum atomic E-state index is 12.1. The minimum atomic E-state index is -0.615. The largest absolute Gasteiger partial charge is 0.389 e. The van der Waals surface area contributed by atoms with E-state index in [-0.39, 0.29) is 5.91 Å². The molecule has 0 bridgehead atoms. The molecule has 0 spiro atoms. The molecule has 0 saturated heterocycles. The van der Waals surface area contributed by atoms with E-state index in [4.69, 9.17) is 0 Å². The molecule has 0 amide bonds. The smallest absolute Gasteiger partial charge is 0.230 e. The fraction of sp³-hybridized carbons (Fsp3) is 0.464. The Bertz CT molecular complexity index is 823. The predicted octanol–water partition coefficient (Wildman–Crippen LogP) is 6.71. The summed E-state index contributed by atoms with van der Waals surface area (Å²) in [4.78, 5) is 12.1. The van der Waals surface area contributed by atoms with Crippen molar-refractivity contribution < 1.29 is 15.0 Å². The zero-order valence-corrected chi connectivity index (χ0v) is 19.4. The highest BCUT2D eigenvalue weighted by molar-refractivity contribution is 5.78.